The summed E-state index contributed by atoms with van der Waals surface area (Å²) in [5.74, 6) is 0.307. The summed E-state index contributed by atoms with van der Waals surface area (Å²) in [5, 5.41) is 0. The van der Waals surface area contributed by atoms with E-state index in [0.29, 0.717) is 32.1 Å². The fourth-order valence-electron chi connectivity index (χ4n) is 2.69. The quantitative estimate of drug-likeness (QED) is 0.838. The number of hydrogen-bond donors (Lipinski definition) is 1. The van der Waals surface area contributed by atoms with Gasteiger partial charge in [-0.15, -0.1) is 12.4 Å². The Hall–Kier alpha value is 0.120. The lowest BCUT2D eigenvalue weighted by Gasteiger charge is -2.35. The number of nitrogens with two attached hydrogens (primary N) is 1. The zero-order valence-corrected chi connectivity index (χ0v) is 12.5. The number of halogens is 1. The second-order valence-electron chi connectivity index (χ2n) is 5.23. The molecule has 0 aromatic rings. The van der Waals surface area contributed by atoms with Crippen molar-refractivity contribution in [2.75, 3.05) is 26.2 Å². The normalized spacial score (nSPS) is 28.9. The van der Waals surface area contributed by atoms with Crippen LogP contribution in [-0.2, 0) is 10.2 Å². The van der Waals surface area contributed by atoms with Crippen LogP contribution in [0.5, 0.6) is 0 Å². The van der Waals surface area contributed by atoms with Crippen LogP contribution in [0.25, 0.3) is 0 Å². The van der Waals surface area contributed by atoms with E-state index in [4.69, 9.17) is 5.73 Å². The highest BCUT2D eigenvalue weighted by molar-refractivity contribution is 7.86. The van der Waals surface area contributed by atoms with Gasteiger partial charge in [0, 0.05) is 32.2 Å². The molecule has 0 spiro atoms. The molecule has 2 heterocycles. The molecule has 0 bridgehead atoms. The molecule has 2 fully saturated rings. The van der Waals surface area contributed by atoms with Crippen molar-refractivity contribution in [2.24, 2.45) is 11.7 Å². The number of nitrogens with zero attached hydrogens (tertiary/aromatic N) is 2. The van der Waals surface area contributed by atoms with E-state index in [1.807, 2.05) is 6.92 Å². The summed E-state index contributed by atoms with van der Waals surface area (Å²) in [4.78, 5) is 0. The Morgan fingerprint density at radius 3 is 2.22 bits per heavy atom. The first-order chi connectivity index (χ1) is 8.01. The average Bonchev–Trinajstić information content (AvgIpc) is 2.83. The van der Waals surface area contributed by atoms with Gasteiger partial charge in [-0.05, 0) is 38.5 Å². The first kappa shape index (κ1) is 16.2. The fraction of sp³-hybridized carbons (Fsp3) is 1.00. The molecule has 2 atom stereocenters. The van der Waals surface area contributed by atoms with Gasteiger partial charge in [0.25, 0.3) is 10.2 Å². The second-order valence-corrected chi connectivity index (χ2v) is 7.16. The minimum Gasteiger partial charge on any atom is -0.328 e. The highest BCUT2D eigenvalue weighted by Gasteiger charge is 2.35. The Morgan fingerprint density at radius 1 is 1.11 bits per heavy atom. The summed E-state index contributed by atoms with van der Waals surface area (Å²) >= 11 is 0. The minimum atomic E-state index is -3.22. The van der Waals surface area contributed by atoms with Crippen molar-refractivity contribution in [1.82, 2.24) is 8.61 Å². The molecule has 2 aliphatic rings. The molecule has 0 amide bonds. The van der Waals surface area contributed by atoms with E-state index in [-0.39, 0.29) is 18.4 Å². The lowest BCUT2D eigenvalue weighted by atomic mass is 9.93. The maximum absolute atomic E-state index is 12.4. The summed E-state index contributed by atoms with van der Waals surface area (Å²) in [5.41, 5.74) is 5.89. The van der Waals surface area contributed by atoms with Gasteiger partial charge in [-0.1, -0.05) is 0 Å². The van der Waals surface area contributed by atoms with Gasteiger partial charge in [0.05, 0.1) is 0 Å². The van der Waals surface area contributed by atoms with Gasteiger partial charge in [-0.2, -0.15) is 17.0 Å². The van der Waals surface area contributed by atoms with Gasteiger partial charge in [0.2, 0.25) is 0 Å². The van der Waals surface area contributed by atoms with Crippen LogP contribution in [0.15, 0.2) is 0 Å². The van der Waals surface area contributed by atoms with Gasteiger partial charge in [-0.25, -0.2) is 0 Å². The zero-order valence-electron chi connectivity index (χ0n) is 10.9. The summed E-state index contributed by atoms with van der Waals surface area (Å²) in [7, 11) is -3.22. The van der Waals surface area contributed by atoms with E-state index in [0.717, 1.165) is 25.7 Å². The first-order valence-corrected chi connectivity index (χ1v) is 7.92. The van der Waals surface area contributed by atoms with Gasteiger partial charge in [0.15, 0.2) is 0 Å². The number of hydrogen-bond acceptors (Lipinski definition) is 3. The van der Waals surface area contributed by atoms with Crippen LogP contribution in [0.4, 0.5) is 0 Å². The molecule has 7 heteroatoms. The van der Waals surface area contributed by atoms with Crippen molar-refractivity contribution in [3.8, 4) is 0 Å². The molecule has 0 radical (unpaired) electrons. The van der Waals surface area contributed by atoms with Crippen LogP contribution in [-0.4, -0.2) is 49.2 Å². The number of piperidine rings is 1. The van der Waals surface area contributed by atoms with Crippen LogP contribution < -0.4 is 5.73 Å². The smallest absolute Gasteiger partial charge is 0.281 e. The average molecular weight is 298 g/mol. The van der Waals surface area contributed by atoms with Gasteiger partial charge in [-0.3, -0.25) is 0 Å². The van der Waals surface area contributed by atoms with Crippen molar-refractivity contribution in [1.29, 1.82) is 0 Å². The number of rotatable bonds is 3. The maximum Gasteiger partial charge on any atom is 0.281 e. The molecule has 2 saturated heterocycles. The summed E-state index contributed by atoms with van der Waals surface area (Å²) in [6, 6.07) is 0.0755. The highest BCUT2D eigenvalue weighted by Crippen LogP contribution is 2.24. The van der Waals surface area contributed by atoms with Crippen molar-refractivity contribution in [3.05, 3.63) is 0 Å². The minimum absolute atomic E-state index is 0. The van der Waals surface area contributed by atoms with Gasteiger partial charge < -0.3 is 5.73 Å². The Labute approximate surface area is 116 Å². The SMILES string of the molecule is CC(N)C1CCCN(S(=O)(=O)N2CCCC2)C1.Cl. The van der Waals surface area contributed by atoms with Crippen LogP contribution in [0.2, 0.25) is 0 Å². The maximum atomic E-state index is 12.4. The van der Waals surface area contributed by atoms with E-state index in [9.17, 15) is 8.42 Å². The molecule has 2 rings (SSSR count). The lowest BCUT2D eigenvalue weighted by Crippen LogP contribution is -2.49. The largest absolute Gasteiger partial charge is 0.328 e. The van der Waals surface area contributed by atoms with Crippen LogP contribution in [0.3, 0.4) is 0 Å². The molecule has 2 N–H and O–H groups in total. The van der Waals surface area contributed by atoms with Crippen molar-refractivity contribution in [2.45, 2.75) is 38.6 Å². The second kappa shape index (κ2) is 6.52. The lowest BCUT2D eigenvalue weighted by molar-refractivity contribution is 0.231. The fourth-order valence-corrected chi connectivity index (χ4v) is 4.48. The summed E-state index contributed by atoms with van der Waals surface area (Å²) in [6.07, 6.45) is 3.95. The molecule has 0 aliphatic carbocycles. The van der Waals surface area contributed by atoms with E-state index in [1.54, 1.807) is 8.61 Å². The summed E-state index contributed by atoms with van der Waals surface area (Å²) in [6.45, 7) is 4.58. The van der Waals surface area contributed by atoms with E-state index >= 15 is 0 Å². The standard InChI is InChI=1S/C11H23N3O2S.ClH/c1-10(12)11-5-4-8-14(9-11)17(15,16)13-6-2-3-7-13;/h10-11H,2-9,12H2,1H3;1H. The zero-order chi connectivity index (χ0) is 12.5. The Balaban J connectivity index is 0.00000162. The Morgan fingerprint density at radius 2 is 1.67 bits per heavy atom. The third-order valence-electron chi connectivity index (χ3n) is 3.88. The molecule has 0 aromatic carbocycles. The molecular weight excluding hydrogens is 274 g/mol. The predicted octanol–water partition coefficient (Wildman–Crippen LogP) is 0.808. The Kier molecular flexibility index (Phi) is 5.86. The van der Waals surface area contributed by atoms with Crippen molar-refractivity contribution < 1.29 is 8.42 Å². The van der Waals surface area contributed by atoms with E-state index < -0.39 is 10.2 Å². The molecule has 5 nitrogen and oxygen atoms in total. The third kappa shape index (κ3) is 3.36. The highest BCUT2D eigenvalue weighted by atomic mass is 35.5. The molecule has 0 aromatic heterocycles. The van der Waals surface area contributed by atoms with Crippen molar-refractivity contribution in [3.63, 3.8) is 0 Å². The van der Waals surface area contributed by atoms with E-state index in [2.05, 4.69) is 0 Å². The Bertz CT molecular complexity index is 355. The molecule has 2 unspecified atom stereocenters. The molecule has 108 valence electrons. The molecule has 18 heavy (non-hydrogen) atoms. The van der Waals surface area contributed by atoms with Crippen molar-refractivity contribution >= 4 is 22.6 Å². The summed E-state index contributed by atoms with van der Waals surface area (Å²) < 4.78 is 28.0. The van der Waals surface area contributed by atoms with E-state index in [1.165, 1.54) is 0 Å². The topological polar surface area (TPSA) is 66.6 Å². The monoisotopic (exact) mass is 297 g/mol. The predicted molar refractivity (Wildman–Crippen MR) is 74.9 cm³/mol. The first-order valence-electron chi connectivity index (χ1n) is 6.52. The third-order valence-corrected chi connectivity index (χ3v) is 5.88. The van der Waals surface area contributed by atoms with Crippen LogP contribution in [0, 0.1) is 5.92 Å². The molecular formula is C11H24ClN3O2S. The van der Waals surface area contributed by atoms with Gasteiger partial charge in [0.1, 0.15) is 0 Å². The van der Waals surface area contributed by atoms with Gasteiger partial charge >= 0.3 is 0 Å². The van der Waals surface area contributed by atoms with Crippen LogP contribution >= 0.6 is 12.4 Å². The molecule has 2 aliphatic heterocycles. The molecule has 0 saturated carbocycles. The van der Waals surface area contributed by atoms with Crippen LogP contribution in [0.1, 0.15) is 32.6 Å².